The average molecular weight is 313 g/mol. The Morgan fingerprint density at radius 1 is 1.09 bits per heavy atom. The first-order valence-electron chi connectivity index (χ1n) is 6.78. The summed E-state index contributed by atoms with van der Waals surface area (Å²) in [5.41, 5.74) is 2.55. The molecule has 1 aromatic carbocycles. The van der Waals surface area contributed by atoms with Crippen molar-refractivity contribution in [2.45, 2.75) is 6.54 Å². The van der Waals surface area contributed by atoms with Crippen LogP contribution < -0.4 is 4.72 Å². The van der Waals surface area contributed by atoms with Gasteiger partial charge in [0.05, 0.1) is 11.7 Å². The molecule has 2 heterocycles. The molecule has 0 spiro atoms. The maximum Gasteiger partial charge on any atom is 0.234 e. The van der Waals surface area contributed by atoms with Crippen molar-refractivity contribution in [3.63, 3.8) is 0 Å². The van der Waals surface area contributed by atoms with Crippen molar-refractivity contribution in [2.75, 3.05) is 0 Å². The molecular weight excluding hydrogens is 298 g/mol. The van der Waals surface area contributed by atoms with E-state index in [0.717, 1.165) is 16.6 Å². The van der Waals surface area contributed by atoms with Crippen molar-refractivity contribution >= 4 is 21.6 Å². The van der Waals surface area contributed by atoms with Crippen LogP contribution >= 0.6 is 0 Å². The van der Waals surface area contributed by atoms with Crippen molar-refractivity contribution in [3.8, 4) is 0 Å². The van der Waals surface area contributed by atoms with Crippen molar-refractivity contribution in [2.24, 2.45) is 0 Å². The van der Waals surface area contributed by atoms with Crippen LogP contribution in [0.15, 0.2) is 66.3 Å². The summed E-state index contributed by atoms with van der Waals surface area (Å²) in [5, 5.41) is 5.35. The molecule has 0 amide bonds. The monoisotopic (exact) mass is 313 g/mol. The fourth-order valence-electron chi connectivity index (χ4n) is 2.08. The molecule has 0 radical (unpaired) electrons. The minimum atomic E-state index is -3.49. The van der Waals surface area contributed by atoms with Crippen molar-refractivity contribution in [1.82, 2.24) is 14.3 Å². The van der Waals surface area contributed by atoms with Gasteiger partial charge in [-0.25, -0.2) is 17.7 Å². The van der Waals surface area contributed by atoms with E-state index in [0.29, 0.717) is 0 Å². The third-order valence-corrected chi connectivity index (χ3v) is 4.25. The summed E-state index contributed by atoms with van der Waals surface area (Å²) in [5.74, 6) is 0. The maximum atomic E-state index is 12.0. The van der Waals surface area contributed by atoms with Gasteiger partial charge in [0.15, 0.2) is 0 Å². The summed E-state index contributed by atoms with van der Waals surface area (Å²) < 4.78 is 28.3. The van der Waals surface area contributed by atoms with Gasteiger partial charge < -0.3 is 0 Å². The fourth-order valence-corrected chi connectivity index (χ4v) is 2.87. The molecule has 0 fully saturated rings. The smallest absolute Gasteiger partial charge is 0.234 e. The molecule has 0 aliphatic rings. The fraction of sp³-hybridized carbons (Fsp3) is 0.0625. The van der Waals surface area contributed by atoms with Crippen molar-refractivity contribution in [3.05, 3.63) is 77.5 Å². The third-order valence-electron chi connectivity index (χ3n) is 3.21. The SMILES string of the molecule is O=S(=O)(/C=C/c1ccccc1)NCc1cnn2ccccc12. The largest absolute Gasteiger partial charge is 0.241 e. The molecule has 0 aliphatic heterocycles. The maximum absolute atomic E-state index is 12.0. The molecule has 112 valence electrons. The van der Waals surface area contributed by atoms with Crippen LogP contribution in [0.1, 0.15) is 11.1 Å². The molecular formula is C16H15N3O2S. The van der Waals surface area contributed by atoms with E-state index >= 15 is 0 Å². The van der Waals surface area contributed by atoms with Gasteiger partial charge in [-0.2, -0.15) is 5.10 Å². The van der Waals surface area contributed by atoms with Crippen LogP contribution in [0.4, 0.5) is 0 Å². The Morgan fingerprint density at radius 3 is 2.68 bits per heavy atom. The van der Waals surface area contributed by atoms with Gasteiger partial charge in [0.2, 0.25) is 10.0 Å². The number of aromatic nitrogens is 2. The molecule has 6 heteroatoms. The standard InChI is InChI=1S/C16H15N3O2S/c20-22(21,11-9-14-6-2-1-3-7-14)18-13-15-12-17-19-10-5-4-8-16(15)19/h1-12,18H,13H2/b11-9+. The van der Waals surface area contributed by atoms with Gasteiger partial charge in [-0.05, 0) is 23.8 Å². The van der Waals surface area contributed by atoms with E-state index in [4.69, 9.17) is 0 Å². The molecule has 0 bridgehead atoms. The van der Waals surface area contributed by atoms with Crippen LogP contribution in [0.3, 0.4) is 0 Å². The number of nitrogens with zero attached hydrogens (tertiary/aromatic N) is 2. The summed E-state index contributed by atoms with van der Waals surface area (Å²) in [6.07, 6.45) is 5.06. The van der Waals surface area contributed by atoms with E-state index in [1.54, 1.807) is 16.8 Å². The number of fused-ring (bicyclic) bond motifs is 1. The van der Waals surface area contributed by atoms with Gasteiger partial charge in [0.1, 0.15) is 0 Å². The Labute approximate surface area is 129 Å². The molecule has 3 rings (SSSR count). The zero-order valence-corrected chi connectivity index (χ0v) is 12.6. The van der Waals surface area contributed by atoms with Crippen molar-refractivity contribution < 1.29 is 8.42 Å². The van der Waals surface area contributed by atoms with E-state index in [2.05, 4.69) is 9.82 Å². The molecule has 5 nitrogen and oxygen atoms in total. The van der Waals surface area contributed by atoms with Crippen molar-refractivity contribution in [1.29, 1.82) is 0 Å². The summed E-state index contributed by atoms with van der Waals surface area (Å²) in [6.45, 7) is 0.203. The third kappa shape index (κ3) is 3.41. The van der Waals surface area contributed by atoms with Gasteiger partial charge in [-0.3, -0.25) is 0 Å². The Bertz CT molecular complexity index is 899. The molecule has 3 aromatic rings. The van der Waals surface area contributed by atoms with Crippen LogP contribution in [0.25, 0.3) is 11.6 Å². The number of hydrogen-bond donors (Lipinski definition) is 1. The van der Waals surface area contributed by atoms with Gasteiger partial charge in [-0.1, -0.05) is 36.4 Å². The predicted molar refractivity (Wildman–Crippen MR) is 86.4 cm³/mol. The van der Waals surface area contributed by atoms with E-state index in [9.17, 15) is 8.42 Å². The summed E-state index contributed by atoms with van der Waals surface area (Å²) in [7, 11) is -3.49. The number of sulfonamides is 1. The normalized spacial score (nSPS) is 12.2. The average Bonchev–Trinajstić information content (AvgIpc) is 2.96. The summed E-state index contributed by atoms with van der Waals surface area (Å²) >= 11 is 0. The van der Waals surface area contributed by atoms with Crippen LogP contribution in [0.5, 0.6) is 0 Å². The van der Waals surface area contributed by atoms with Gasteiger partial charge in [-0.15, -0.1) is 0 Å². The number of benzene rings is 1. The molecule has 0 saturated carbocycles. The lowest BCUT2D eigenvalue weighted by molar-refractivity contribution is 0.591. The van der Waals surface area contributed by atoms with E-state index < -0.39 is 10.0 Å². The lowest BCUT2D eigenvalue weighted by atomic mass is 10.2. The van der Waals surface area contributed by atoms with Crippen LogP contribution in [0, 0.1) is 0 Å². The second kappa shape index (κ2) is 6.13. The molecule has 1 N–H and O–H groups in total. The minimum absolute atomic E-state index is 0.203. The summed E-state index contributed by atoms with van der Waals surface area (Å²) in [4.78, 5) is 0. The molecule has 0 saturated heterocycles. The molecule has 0 unspecified atom stereocenters. The number of nitrogens with one attached hydrogen (secondary N) is 1. The van der Waals surface area contributed by atoms with Crippen LogP contribution in [-0.4, -0.2) is 18.0 Å². The molecule has 0 aliphatic carbocycles. The van der Waals surface area contributed by atoms with Crippen LogP contribution in [0.2, 0.25) is 0 Å². The number of hydrogen-bond acceptors (Lipinski definition) is 3. The quantitative estimate of drug-likeness (QED) is 0.787. The Hall–Kier alpha value is -2.44. The van der Waals surface area contributed by atoms with E-state index in [1.165, 1.54) is 5.41 Å². The predicted octanol–water partition coefficient (Wildman–Crippen LogP) is 2.42. The number of pyridine rings is 1. The van der Waals surface area contributed by atoms with Crippen LogP contribution in [-0.2, 0) is 16.6 Å². The Balaban J connectivity index is 1.71. The highest BCUT2D eigenvalue weighted by Gasteiger charge is 2.08. The minimum Gasteiger partial charge on any atom is -0.241 e. The lowest BCUT2D eigenvalue weighted by Crippen LogP contribution is -2.20. The molecule has 2 aromatic heterocycles. The van der Waals surface area contributed by atoms with E-state index in [1.807, 2.05) is 54.7 Å². The zero-order chi connectivity index (χ0) is 15.4. The Kier molecular flexibility index (Phi) is 4.04. The first-order chi connectivity index (χ1) is 10.6. The van der Waals surface area contributed by atoms with E-state index in [-0.39, 0.29) is 6.54 Å². The van der Waals surface area contributed by atoms with Gasteiger partial charge in [0.25, 0.3) is 0 Å². The number of rotatable bonds is 5. The summed E-state index contributed by atoms with van der Waals surface area (Å²) in [6, 6.07) is 15.0. The first kappa shape index (κ1) is 14.5. The zero-order valence-electron chi connectivity index (χ0n) is 11.8. The molecule has 0 atom stereocenters. The second-order valence-electron chi connectivity index (χ2n) is 4.78. The van der Waals surface area contributed by atoms with Gasteiger partial charge >= 0.3 is 0 Å². The lowest BCUT2D eigenvalue weighted by Gasteiger charge is -2.02. The highest BCUT2D eigenvalue weighted by molar-refractivity contribution is 7.92. The molecule has 22 heavy (non-hydrogen) atoms. The first-order valence-corrected chi connectivity index (χ1v) is 8.33. The van der Waals surface area contributed by atoms with Gasteiger partial charge in [0, 0.05) is 23.7 Å². The highest BCUT2D eigenvalue weighted by atomic mass is 32.2. The topological polar surface area (TPSA) is 63.5 Å². The second-order valence-corrected chi connectivity index (χ2v) is 6.43. The highest BCUT2D eigenvalue weighted by Crippen LogP contribution is 2.10. The Morgan fingerprint density at radius 2 is 1.86 bits per heavy atom.